The molecule has 0 amide bonds. The van der Waals surface area contributed by atoms with Crippen molar-refractivity contribution in [2.24, 2.45) is 5.73 Å². The van der Waals surface area contributed by atoms with Crippen LogP contribution in [0.15, 0.2) is 35.5 Å². The van der Waals surface area contributed by atoms with E-state index < -0.39 is 10.0 Å². The average Bonchev–Trinajstić information content (AvgIpc) is 2.94. The number of aryl methyl sites for hydroxylation is 1. The van der Waals surface area contributed by atoms with Gasteiger partial charge >= 0.3 is 0 Å². The van der Waals surface area contributed by atoms with Gasteiger partial charge in [0.1, 0.15) is 5.82 Å². The Morgan fingerprint density at radius 2 is 2.14 bits per heavy atom. The van der Waals surface area contributed by atoms with Crippen molar-refractivity contribution in [3.63, 3.8) is 0 Å². The Morgan fingerprint density at radius 1 is 1.33 bits per heavy atom. The van der Waals surface area contributed by atoms with E-state index >= 15 is 0 Å². The van der Waals surface area contributed by atoms with Crippen LogP contribution in [0.2, 0.25) is 0 Å². The van der Waals surface area contributed by atoms with E-state index in [4.69, 9.17) is 5.73 Å². The molecule has 0 saturated heterocycles. The Balaban J connectivity index is 1.94. The maximum absolute atomic E-state index is 12.7. The molecule has 1 aliphatic rings. The van der Waals surface area contributed by atoms with E-state index in [1.807, 2.05) is 17.7 Å². The molecule has 7 heteroatoms. The van der Waals surface area contributed by atoms with E-state index in [1.165, 1.54) is 4.31 Å². The highest BCUT2D eigenvalue weighted by atomic mass is 32.2. The highest BCUT2D eigenvalue weighted by Crippen LogP contribution is 2.23. The lowest BCUT2D eigenvalue weighted by Gasteiger charge is -2.27. The van der Waals surface area contributed by atoms with Crippen molar-refractivity contribution in [2.45, 2.75) is 31.5 Å². The minimum Gasteiger partial charge on any atom is -0.333 e. The molecule has 0 aliphatic carbocycles. The van der Waals surface area contributed by atoms with Crippen LogP contribution in [-0.4, -0.2) is 28.8 Å². The van der Waals surface area contributed by atoms with E-state index in [1.54, 1.807) is 24.4 Å². The van der Waals surface area contributed by atoms with Crippen molar-refractivity contribution in [3.05, 3.63) is 47.5 Å². The molecule has 112 valence electrons. The van der Waals surface area contributed by atoms with Crippen molar-refractivity contribution < 1.29 is 8.42 Å². The SMILES string of the molecule is Cc1ccc(S(=O)(=O)N2CCn3ccnc3C2)cc1CN. The van der Waals surface area contributed by atoms with Gasteiger partial charge in [0.2, 0.25) is 10.0 Å². The predicted molar refractivity (Wildman–Crippen MR) is 78.9 cm³/mol. The van der Waals surface area contributed by atoms with Gasteiger partial charge in [-0.2, -0.15) is 4.31 Å². The van der Waals surface area contributed by atoms with Crippen LogP contribution in [-0.2, 0) is 29.7 Å². The number of aromatic nitrogens is 2. The molecule has 2 aromatic rings. The summed E-state index contributed by atoms with van der Waals surface area (Å²) < 4.78 is 28.9. The Hall–Kier alpha value is -1.70. The predicted octanol–water partition coefficient (Wildman–Crippen LogP) is 0.855. The lowest BCUT2D eigenvalue weighted by Crippen LogP contribution is -2.38. The third-order valence-electron chi connectivity index (χ3n) is 3.89. The van der Waals surface area contributed by atoms with E-state index in [-0.39, 0.29) is 0 Å². The third kappa shape index (κ3) is 2.48. The van der Waals surface area contributed by atoms with Crippen molar-refractivity contribution in [1.29, 1.82) is 0 Å². The molecule has 0 spiro atoms. The minimum absolute atomic E-state index is 0.300. The summed E-state index contributed by atoms with van der Waals surface area (Å²) in [6, 6.07) is 5.12. The van der Waals surface area contributed by atoms with Gasteiger partial charge in [-0.15, -0.1) is 0 Å². The van der Waals surface area contributed by atoms with Crippen molar-refractivity contribution >= 4 is 10.0 Å². The lowest BCUT2D eigenvalue weighted by molar-refractivity contribution is 0.335. The van der Waals surface area contributed by atoms with E-state index in [9.17, 15) is 8.42 Å². The molecule has 0 bridgehead atoms. The molecule has 0 unspecified atom stereocenters. The van der Waals surface area contributed by atoms with Gasteiger partial charge in [0.05, 0.1) is 11.4 Å². The Labute approximate surface area is 124 Å². The topological polar surface area (TPSA) is 81.2 Å². The van der Waals surface area contributed by atoms with E-state index in [2.05, 4.69) is 4.98 Å². The largest absolute Gasteiger partial charge is 0.333 e. The fraction of sp³-hybridized carbons (Fsp3) is 0.357. The number of nitrogens with zero attached hydrogens (tertiary/aromatic N) is 3. The number of benzene rings is 1. The molecule has 2 N–H and O–H groups in total. The highest BCUT2D eigenvalue weighted by molar-refractivity contribution is 7.89. The zero-order valence-electron chi connectivity index (χ0n) is 11.9. The van der Waals surface area contributed by atoms with Gasteiger partial charge in [-0.05, 0) is 30.2 Å². The summed E-state index contributed by atoms with van der Waals surface area (Å²) in [5, 5.41) is 0. The first-order valence-electron chi connectivity index (χ1n) is 6.82. The first-order chi connectivity index (χ1) is 10.0. The van der Waals surface area contributed by atoms with Crippen molar-refractivity contribution in [1.82, 2.24) is 13.9 Å². The van der Waals surface area contributed by atoms with Crippen LogP contribution >= 0.6 is 0 Å². The first-order valence-corrected chi connectivity index (χ1v) is 8.26. The number of rotatable bonds is 3. The molecule has 1 aliphatic heterocycles. The maximum Gasteiger partial charge on any atom is 0.243 e. The Morgan fingerprint density at radius 3 is 2.90 bits per heavy atom. The summed E-state index contributed by atoms with van der Waals surface area (Å²) in [5.41, 5.74) is 7.53. The number of hydrogen-bond donors (Lipinski definition) is 1. The van der Waals surface area contributed by atoms with Crippen LogP contribution in [0, 0.1) is 6.92 Å². The molecular weight excluding hydrogens is 288 g/mol. The van der Waals surface area contributed by atoms with Crippen LogP contribution in [0.25, 0.3) is 0 Å². The van der Waals surface area contributed by atoms with Gasteiger partial charge in [-0.1, -0.05) is 6.07 Å². The number of sulfonamides is 1. The van der Waals surface area contributed by atoms with Gasteiger partial charge in [-0.3, -0.25) is 0 Å². The van der Waals surface area contributed by atoms with Crippen molar-refractivity contribution in [2.75, 3.05) is 6.54 Å². The summed E-state index contributed by atoms with van der Waals surface area (Å²) in [6.45, 7) is 3.65. The van der Waals surface area contributed by atoms with Gasteiger partial charge in [0.15, 0.2) is 0 Å². The fourth-order valence-corrected chi connectivity index (χ4v) is 3.97. The fourth-order valence-electron chi connectivity index (χ4n) is 2.53. The van der Waals surface area contributed by atoms with Gasteiger partial charge in [0.25, 0.3) is 0 Å². The normalized spacial score (nSPS) is 15.9. The summed E-state index contributed by atoms with van der Waals surface area (Å²) in [5.74, 6) is 0.774. The summed E-state index contributed by atoms with van der Waals surface area (Å²) in [7, 11) is -3.51. The number of fused-ring (bicyclic) bond motifs is 1. The van der Waals surface area contributed by atoms with E-state index in [0.717, 1.165) is 17.0 Å². The summed E-state index contributed by atoms with van der Waals surface area (Å²) >= 11 is 0. The standard InChI is InChI=1S/C14H18N4O2S/c1-11-2-3-13(8-12(11)9-15)21(19,20)18-7-6-17-5-4-16-14(17)10-18/h2-5,8H,6-7,9-10,15H2,1H3. The molecular formula is C14H18N4O2S. The quantitative estimate of drug-likeness (QED) is 0.911. The number of nitrogens with two attached hydrogens (primary N) is 1. The smallest absolute Gasteiger partial charge is 0.243 e. The minimum atomic E-state index is -3.51. The average molecular weight is 306 g/mol. The van der Waals surface area contributed by atoms with Crippen molar-refractivity contribution in [3.8, 4) is 0 Å². The second-order valence-corrected chi connectivity index (χ2v) is 7.11. The van der Waals surface area contributed by atoms with Crippen LogP contribution in [0.3, 0.4) is 0 Å². The number of hydrogen-bond acceptors (Lipinski definition) is 4. The molecule has 3 rings (SSSR count). The molecule has 1 aromatic carbocycles. The summed E-state index contributed by atoms with van der Waals surface area (Å²) in [6.07, 6.45) is 3.57. The Bertz CT molecular complexity index is 767. The molecule has 6 nitrogen and oxygen atoms in total. The monoisotopic (exact) mass is 306 g/mol. The molecule has 2 heterocycles. The lowest BCUT2D eigenvalue weighted by atomic mass is 10.1. The maximum atomic E-state index is 12.7. The zero-order valence-corrected chi connectivity index (χ0v) is 12.7. The van der Waals surface area contributed by atoms with E-state index in [0.29, 0.717) is 31.1 Å². The molecule has 0 radical (unpaired) electrons. The molecule has 0 fully saturated rings. The first kappa shape index (κ1) is 14.2. The number of imidazole rings is 1. The third-order valence-corrected chi connectivity index (χ3v) is 5.73. The second-order valence-electron chi connectivity index (χ2n) is 5.17. The molecule has 0 atom stereocenters. The van der Waals surface area contributed by atoms with Gasteiger partial charge in [0, 0.05) is 32.0 Å². The molecule has 0 saturated carbocycles. The second kappa shape index (κ2) is 5.25. The van der Waals surface area contributed by atoms with Crippen LogP contribution in [0.4, 0.5) is 0 Å². The molecule has 1 aromatic heterocycles. The van der Waals surface area contributed by atoms with Gasteiger partial charge in [-0.25, -0.2) is 13.4 Å². The summed E-state index contributed by atoms with van der Waals surface area (Å²) in [4.78, 5) is 4.50. The van der Waals surface area contributed by atoms with Crippen LogP contribution < -0.4 is 5.73 Å². The van der Waals surface area contributed by atoms with Gasteiger partial charge < -0.3 is 10.3 Å². The zero-order chi connectivity index (χ0) is 15.0. The van der Waals surface area contributed by atoms with Crippen LogP contribution in [0.5, 0.6) is 0 Å². The highest BCUT2D eigenvalue weighted by Gasteiger charge is 2.29. The molecule has 21 heavy (non-hydrogen) atoms. The van der Waals surface area contributed by atoms with Crippen LogP contribution in [0.1, 0.15) is 17.0 Å². The Kier molecular flexibility index (Phi) is 3.56.